The lowest BCUT2D eigenvalue weighted by Crippen LogP contribution is -2.14. The van der Waals surface area contributed by atoms with Gasteiger partial charge in [0, 0.05) is 3.57 Å². The van der Waals surface area contributed by atoms with Crippen LogP contribution in [0, 0.1) is 3.57 Å². The monoisotopic (exact) mass is 401 g/mol. The Kier molecular flexibility index (Phi) is 3.34. The Morgan fingerprint density at radius 2 is 1.85 bits per heavy atom. The minimum absolute atomic E-state index is 0.0379. The second-order valence-corrected chi connectivity index (χ2v) is 6.79. The van der Waals surface area contributed by atoms with Gasteiger partial charge in [-0.1, -0.05) is 18.2 Å². The Labute approximate surface area is 128 Å². The average molecular weight is 401 g/mol. The van der Waals surface area contributed by atoms with Gasteiger partial charge in [-0.25, -0.2) is 13.0 Å². The molecule has 2 aromatic carbocycles. The molecule has 3 aromatic rings. The van der Waals surface area contributed by atoms with Crippen molar-refractivity contribution in [2.24, 2.45) is 0 Å². The quantitative estimate of drug-likeness (QED) is 0.683. The normalized spacial score (nSPS) is 11.7. The molecule has 1 aromatic heterocycles. The van der Waals surface area contributed by atoms with E-state index in [1.54, 1.807) is 24.3 Å². The zero-order valence-corrected chi connectivity index (χ0v) is 12.9. The van der Waals surface area contributed by atoms with Crippen molar-refractivity contribution in [1.29, 1.82) is 0 Å². The van der Waals surface area contributed by atoms with E-state index < -0.39 is 10.0 Å². The summed E-state index contributed by atoms with van der Waals surface area (Å²) in [4.78, 5) is 0.0379. The van der Waals surface area contributed by atoms with E-state index >= 15 is 0 Å². The molecule has 8 heteroatoms. The smallest absolute Gasteiger partial charge is 0.264 e. The van der Waals surface area contributed by atoms with Crippen LogP contribution in [-0.4, -0.2) is 18.7 Å². The van der Waals surface area contributed by atoms with Crippen molar-refractivity contribution in [2.45, 2.75) is 4.90 Å². The van der Waals surface area contributed by atoms with Gasteiger partial charge >= 0.3 is 0 Å². The number of benzene rings is 2. The number of para-hydroxylation sites is 1. The number of hydrogen-bond donors (Lipinski definition) is 1. The van der Waals surface area contributed by atoms with E-state index in [0.29, 0.717) is 11.2 Å². The summed E-state index contributed by atoms with van der Waals surface area (Å²) in [5, 5.41) is 7.28. The standard InChI is InChI=1S/C12H8IN3O3S/c13-8-4-1-2-5-9(8)16-20(17,18)11-7-3-6-10-12(11)15-19-14-10/h1-7,16H. The highest BCUT2D eigenvalue weighted by Crippen LogP contribution is 2.24. The molecule has 0 aliphatic heterocycles. The van der Waals surface area contributed by atoms with Crippen LogP contribution < -0.4 is 4.72 Å². The lowest BCUT2D eigenvalue weighted by molar-refractivity contribution is 0.315. The van der Waals surface area contributed by atoms with Gasteiger partial charge in [0.1, 0.15) is 10.4 Å². The molecule has 0 unspecified atom stereocenters. The topological polar surface area (TPSA) is 85.1 Å². The molecule has 0 bridgehead atoms. The Morgan fingerprint density at radius 1 is 1.05 bits per heavy atom. The number of fused-ring (bicyclic) bond motifs is 1. The number of nitrogens with zero attached hydrogens (tertiary/aromatic N) is 2. The van der Waals surface area contributed by atoms with Crippen molar-refractivity contribution in [2.75, 3.05) is 4.72 Å². The maximum atomic E-state index is 12.4. The first-order chi connectivity index (χ1) is 9.58. The van der Waals surface area contributed by atoms with Crippen molar-refractivity contribution in [3.8, 4) is 0 Å². The lowest BCUT2D eigenvalue weighted by atomic mass is 10.3. The molecular weight excluding hydrogens is 393 g/mol. The number of anilines is 1. The zero-order chi connectivity index (χ0) is 14.2. The molecule has 20 heavy (non-hydrogen) atoms. The molecule has 0 amide bonds. The summed E-state index contributed by atoms with van der Waals surface area (Å²) in [5.41, 5.74) is 1.13. The van der Waals surface area contributed by atoms with Gasteiger partial charge < -0.3 is 0 Å². The average Bonchev–Trinajstić information content (AvgIpc) is 2.89. The van der Waals surface area contributed by atoms with E-state index in [9.17, 15) is 8.42 Å². The second kappa shape index (κ2) is 5.02. The van der Waals surface area contributed by atoms with Crippen molar-refractivity contribution in [3.63, 3.8) is 0 Å². The number of halogens is 1. The van der Waals surface area contributed by atoms with Crippen molar-refractivity contribution in [3.05, 3.63) is 46.0 Å². The molecule has 0 saturated carbocycles. The van der Waals surface area contributed by atoms with Gasteiger partial charge in [0.05, 0.1) is 5.69 Å². The summed E-state index contributed by atoms with van der Waals surface area (Å²) < 4.78 is 32.8. The molecule has 1 heterocycles. The largest absolute Gasteiger partial charge is 0.278 e. The van der Waals surface area contributed by atoms with E-state index in [1.807, 2.05) is 12.1 Å². The Morgan fingerprint density at radius 3 is 2.65 bits per heavy atom. The molecule has 6 nitrogen and oxygen atoms in total. The van der Waals surface area contributed by atoms with Crippen molar-refractivity contribution >= 4 is 49.3 Å². The Hall–Kier alpha value is -1.68. The third-order valence-corrected chi connectivity index (χ3v) is 4.99. The van der Waals surface area contributed by atoms with E-state index in [4.69, 9.17) is 0 Å². The molecule has 0 fully saturated rings. The summed E-state index contributed by atoms with van der Waals surface area (Å²) >= 11 is 2.06. The molecule has 0 atom stereocenters. The van der Waals surface area contributed by atoms with Crippen LogP contribution in [0.15, 0.2) is 52.0 Å². The van der Waals surface area contributed by atoms with Crippen LogP contribution in [0.2, 0.25) is 0 Å². The Bertz CT molecular complexity index is 876. The maximum absolute atomic E-state index is 12.4. The van der Waals surface area contributed by atoms with Gasteiger partial charge in [0.2, 0.25) is 0 Å². The van der Waals surface area contributed by atoms with Crippen LogP contribution in [0.3, 0.4) is 0 Å². The van der Waals surface area contributed by atoms with Crippen LogP contribution in [0.5, 0.6) is 0 Å². The van der Waals surface area contributed by atoms with Crippen molar-refractivity contribution in [1.82, 2.24) is 10.3 Å². The van der Waals surface area contributed by atoms with Crippen LogP contribution in [0.4, 0.5) is 5.69 Å². The number of aromatic nitrogens is 2. The lowest BCUT2D eigenvalue weighted by Gasteiger charge is -2.09. The van der Waals surface area contributed by atoms with E-state index in [0.717, 1.165) is 3.57 Å². The van der Waals surface area contributed by atoms with Crippen LogP contribution in [0.1, 0.15) is 0 Å². The van der Waals surface area contributed by atoms with Gasteiger partial charge in [-0.05, 0) is 57.2 Å². The highest BCUT2D eigenvalue weighted by Gasteiger charge is 2.21. The molecule has 3 rings (SSSR count). The van der Waals surface area contributed by atoms with Gasteiger partial charge in [0.25, 0.3) is 10.0 Å². The predicted molar refractivity (Wildman–Crippen MR) is 81.8 cm³/mol. The highest BCUT2D eigenvalue weighted by molar-refractivity contribution is 14.1. The maximum Gasteiger partial charge on any atom is 0.264 e. The minimum atomic E-state index is -3.75. The molecule has 0 saturated heterocycles. The molecule has 0 aliphatic rings. The van der Waals surface area contributed by atoms with E-state index in [-0.39, 0.29) is 10.4 Å². The van der Waals surface area contributed by atoms with E-state index in [1.165, 1.54) is 6.07 Å². The third kappa shape index (κ3) is 2.36. The first-order valence-electron chi connectivity index (χ1n) is 5.56. The van der Waals surface area contributed by atoms with Gasteiger partial charge in [-0.2, -0.15) is 0 Å². The zero-order valence-electron chi connectivity index (χ0n) is 9.95. The van der Waals surface area contributed by atoms with Gasteiger partial charge in [-0.15, -0.1) is 0 Å². The molecule has 0 spiro atoms. The molecular formula is C12H8IN3O3S. The minimum Gasteiger partial charge on any atom is -0.278 e. The SMILES string of the molecule is O=S(=O)(Nc1ccccc1I)c1cccc2nonc12. The van der Waals surface area contributed by atoms with Crippen LogP contribution in [0.25, 0.3) is 11.0 Å². The van der Waals surface area contributed by atoms with Crippen LogP contribution in [-0.2, 0) is 10.0 Å². The third-order valence-electron chi connectivity index (χ3n) is 2.66. The highest BCUT2D eigenvalue weighted by atomic mass is 127. The second-order valence-electron chi connectivity index (χ2n) is 3.97. The van der Waals surface area contributed by atoms with Crippen molar-refractivity contribution < 1.29 is 13.0 Å². The fraction of sp³-hybridized carbons (Fsp3) is 0. The number of sulfonamides is 1. The van der Waals surface area contributed by atoms with E-state index in [2.05, 4.69) is 42.3 Å². The first kappa shape index (κ1) is 13.3. The predicted octanol–water partition coefficient (Wildman–Crippen LogP) is 2.63. The molecule has 102 valence electrons. The number of rotatable bonds is 3. The number of hydrogen-bond acceptors (Lipinski definition) is 5. The summed E-state index contributed by atoms with van der Waals surface area (Å²) in [6.07, 6.45) is 0. The number of nitrogens with one attached hydrogen (secondary N) is 1. The fourth-order valence-corrected chi connectivity index (χ4v) is 3.68. The summed E-state index contributed by atoms with van der Waals surface area (Å²) in [6, 6.07) is 11.8. The molecule has 0 radical (unpaired) electrons. The van der Waals surface area contributed by atoms with Gasteiger partial charge in [-0.3, -0.25) is 4.72 Å². The van der Waals surface area contributed by atoms with Crippen LogP contribution >= 0.6 is 22.6 Å². The molecule has 0 aliphatic carbocycles. The Balaban J connectivity index is 2.09. The fourth-order valence-electron chi connectivity index (χ4n) is 1.74. The van der Waals surface area contributed by atoms with Gasteiger partial charge in [0.15, 0.2) is 5.52 Å². The first-order valence-corrected chi connectivity index (χ1v) is 8.13. The summed E-state index contributed by atoms with van der Waals surface area (Å²) in [6.45, 7) is 0. The summed E-state index contributed by atoms with van der Waals surface area (Å²) in [5.74, 6) is 0. The summed E-state index contributed by atoms with van der Waals surface area (Å²) in [7, 11) is -3.75. The molecule has 1 N–H and O–H groups in total.